The molecule has 0 bridgehead atoms. The molecule has 1 heterocycles. The molecule has 150 valence electrons. The van der Waals surface area contributed by atoms with Crippen LogP contribution in [0.25, 0.3) is 0 Å². The fourth-order valence-corrected chi connectivity index (χ4v) is 6.85. The molecule has 3 rings (SSSR count). The lowest BCUT2D eigenvalue weighted by atomic mass is 10.0. The number of nitrogens with zero attached hydrogens (tertiary/aromatic N) is 2. The Morgan fingerprint density at radius 3 is 2.00 bits per heavy atom. The zero-order valence-electron chi connectivity index (χ0n) is 15.7. The summed E-state index contributed by atoms with van der Waals surface area (Å²) in [5, 5.41) is -0.734. The number of hydrogen-bond donors (Lipinski definition) is 0. The molecule has 1 saturated carbocycles. The summed E-state index contributed by atoms with van der Waals surface area (Å²) in [6.07, 6.45) is 4.48. The minimum Gasteiger partial charge on any atom is -0.336 e. The SMILES string of the molecule is CN(C)S(=O)(=O)c1ccc(C(=O)N2CC(S(=O)(=O)C3CCCCC3)C2)cc1. The van der Waals surface area contributed by atoms with Gasteiger partial charge in [-0.05, 0) is 37.1 Å². The van der Waals surface area contributed by atoms with E-state index in [2.05, 4.69) is 0 Å². The third kappa shape index (κ3) is 3.90. The number of rotatable bonds is 5. The Labute approximate surface area is 161 Å². The van der Waals surface area contributed by atoms with Gasteiger partial charge in [-0.1, -0.05) is 19.3 Å². The molecule has 1 amide bonds. The first kappa shape index (κ1) is 20.3. The fraction of sp³-hybridized carbons (Fsp3) is 0.611. The van der Waals surface area contributed by atoms with Gasteiger partial charge in [0.05, 0.1) is 15.4 Å². The van der Waals surface area contributed by atoms with Crippen LogP contribution in [0.5, 0.6) is 0 Å². The van der Waals surface area contributed by atoms with Gasteiger partial charge in [0.15, 0.2) is 9.84 Å². The maximum absolute atomic E-state index is 12.7. The molecule has 9 heteroatoms. The van der Waals surface area contributed by atoms with Gasteiger partial charge in [0, 0.05) is 32.7 Å². The van der Waals surface area contributed by atoms with Crippen molar-refractivity contribution in [3.8, 4) is 0 Å². The van der Waals surface area contributed by atoms with E-state index in [0.717, 1.165) is 36.4 Å². The Morgan fingerprint density at radius 1 is 0.926 bits per heavy atom. The van der Waals surface area contributed by atoms with E-state index >= 15 is 0 Å². The van der Waals surface area contributed by atoms with Gasteiger partial charge >= 0.3 is 0 Å². The van der Waals surface area contributed by atoms with Crippen LogP contribution >= 0.6 is 0 Å². The second kappa shape index (κ2) is 7.52. The third-order valence-electron chi connectivity index (χ3n) is 5.50. The molecule has 27 heavy (non-hydrogen) atoms. The van der Waals surface area contributed by atoms with Crippen molar-refractivity contribution in [3.63, 3.8) is 0 Å². The smallest absolute Gasteiger partial charge is 0.253 e. The largest absolute Gasteiger partial charge is 0.336 e. The first-order valence-electron chi connectivity index (χ1n) is 9.18. The summed E-state index contributed by atoms with van der Waals surface area (Å²) >= 11 is 0. The lowest BCUT2D eigenvalue weighted by Gasteiger charge is -2.40. The van der Waals surface area contributed by atoms with E-state index < -0.39 is 25.1 Å². The quantitative estimate of drug-likeness (QED) is 0.728. The van der Waals surface area contributed by atoms with E-state index in [0.29, 0.717) is 5.56 Å². The van der Waals surface area contributed by atoms with Crippen LogP contribution in [-0.2, 0) is 19.9 Å². The maximum atomic E-state index is 12.7. The molecule has 7 nitrogen and oxygen atoms in total. The van der Waals surface area contributed by atoms with Crippen LogP contribution in [-0.4, -0.2) is 69.6 Å². The molecule has 1 aliphatic carbocycles. The van der Waals surface area contributed by atoms with Crippen molar-refractivity contribution in [3.05, 3.63) is 29.8 Å². The summed E-state index contributed by atoms with van der Waals surface area (Å²) in [6, 6.07) is 5.75. The van der Waals surface area contributed by atoms with Gasteiger partial charge in [0.1, 0.15) is 0 Å². The van der Waals surface area contributed by atoms with Crippen LogP contribution < -0.4 is 0 Å². The standard InChI is InChI=1S/C18H26N2O5S2/c1-19(2)27(24,25)16-10-8-14(9-11-16)18(21)20-12-17(13-20)26(22,23)15-6-4-3-5-7-15/h8-11,15,17H,3-7,12-13H2,1-2H3. The van der Waals surface area contributed by atoms with Gasteiger partial charge in [-0.25, -0.2) is 21.1 Å². The van der Waals surface area contributed by atoms with Gasteiger partial charge < -0.3 is 4.90 Å². The predicted molar refractivity (Wildman–Crippen MR) is 103 cm³/mol. The fourth-order valence-electron chi connectivity index (χ4n) is 3.64. The highest BCUT2D eigenvalue weighted by Crippen LogP contribution is 2.30. The molecular formula is C18H26N2O5S2. The van der Waals surface area contributed by atoms with Crippen LogP contribution in [0, 0.1) is 0 Å². The van der Waals surface area contributed by atoms with E-state index in [1.54, 1.807) is 0 Å². The second-order valence-electron chi connectivity index (χ2n) is 7.49. The van der Waals surface area contributed by atoms with Gasteiger partial charge in [0.2, 0.25) is 10.0 Å². The summed E-state index contributed by atoms with van der Waals surface area (Å²) in [5.41, 5.74) is 0.362. The first-order chi connectivity index (χ1) is 12.6. The molecule has 1 aliphatic heterocycles. The van der Waals surface area contributed by atoms with E-state index in [-0.39, 0.29) is 29.1 Å². The summed E-state index contributed by atoms with van der Waals surface area (Å²) in [5.74, 6) is -0.265. The molecule has 1 aromatic rings. The van der Waals surface area contributed by atoms with Crippen LogP contribution in [0.3, 0.4) is 0 Å². The summed E-state index contributed by atoms with van der Waals surface area (Å²) in [4.78, 5) is 14.2. The van der Waals surface area contributed by atoms with E-state index in [9.17, 15) is 21.6 Å². The van der Waals surface area contributed by atoms with Crippen molar-refractivity contribution < 1.29 is 21.6 Å². The molecular weight excluding hydrogens is 388 g/mol. The Balaban J connectivity index is 1.63. The highest BCUT2D eigenvalue weighted by atomic mass is 32.2. The third-order valence-corrected chi connectivity index (χ3v) is 9.95. The highest BCUT2D eigenvalue weighted by molar-refractivity contribution is 7.92. The van der Waals surface area contributed by atoms with Crippen molar-refractivity contribution in [2.24, 2.45) is 0 Å². The molecule has 1 saturated heterocycles. The minimum absolute atomic E-state index is 0.116. The van der Waals surface area contributed by atoms with Crippen molar-refractivity contribution in [2.45, 2.75) is 47.5 Å². The molecule has 0 N–H and O–H groups in total. The van der Waals surface area contributed by atoms with Crippen molar-refractivity contribution >= 4 is 25.8 Å². The number of hydrogen-bond acceptors (Lipinski definition) is 5. The molecule has 2 fully saturated rings. The first-order valence-corrected chi connectivity index (χ1v) is 12.2. The number of benzene rings is 1. The molecule has 0 unspecified atom stereocenters. The number of carbonyl (C=O) groups is 1. The number of amides is 1. The van der Waals surface area contributed by atoms with Crippen molar-refractivity contribution in [1.82, 2.24) is 9.21 Å². The Morgan fingerprint density at radius 2 is 1.48 bits per heavy atom. The highest BCUT2D eigenvalue weighted by Gasteiger charge is 2.43. The zero-order valence-corrected chi connectivity index (χ0v) is 17.3. The molecule has 0 radical (unpaired) electrons. The average Bonchev–Trinajstić information content (AvgIpc) is 2.61. The minimum atomic E-state index is -3.54. The lowest BCUT2D eigenvalue weighted by Crippen LogP contribution is -2.58. The second-order valence-corrected chi connectivity index (χ2v) is 12.2. The molecule has 1 aromatic carbocycles. The molecule has 0 atom stereocenters. The summed E-state index contributed by atoms with van der Waals surface area (Å²) in [6.45, 7) is 0.435. The summed E-state index contributed by atoms with van der Waals surface area (Å²) in [7, 11) is -3.84. The Hall–Kier alpha value is -1.45. The Bertz CT molecular complexity index is 896. The lowest BCUT2D eigenvalue weighted by molar-refractivity contribution is 0.0658. The summed E-state index contributed by atoms with van der Waals surface area (Å²) < 4.78 is 50.6. The van der Waals surface area contributed by atoms with Crippen LogP contribution in [0.4, 0.5) is 0 Å². The van der Waals surface area contributed by atoms with Crippen LogP contribution in [0.1, 0.15) is 42.5 Å². The number of sulfone groups is 1. The van der Waals surface area contributed by atoms with E-state index in [4.69, 9.17) is 0 Å². The zero-order chi connectivity index (χ0) is 19.8. The Kier molecular flexibility index (Phi) is 5.65. The maximum Gasteiger partial charge on any atom is 0.253 e. The van der Waals surface area contributed by atoms with Gasteiger partial charge in [0.25, 0.3) is 5.91 Å². The number of carbonyl (C=O) groups excluding carboxylic acids is 1. The predicted octanol–water partition coefficient (Wildman–Crippen LogP) is 1.51. The van der Waals surface area contributed by atoms with Gasteiger partial charge in [-0.2, -0.15) is 0 Å². The number of likely N-dealkylation sites (tertiary alicyclic amines) is 1. The van der Waals surface area contributed by atoms with Crippen LogP contribution in [0.15, 0.2) is 29.2 Å². The normalized spacial score (nSPS) is 19.9. The topological polar surface area (TPSA) is 91.8 Å². The van der Waals surface area contributed by atoms with Crippen molar-refractivity contribution in [1.29, 1.82) is 0 Å². The van der Waals surface area contributed by atoms with Crippen molar-refractivity contribution in [2.75, 3.05) is 27.2 Å². The van der Waals surface area contributed by atoms with Crippen LogP contribution in [0.2, 0.25) is 0 Å². The van der Waals surface area contributed by atoms with E-state index in [1.807, 2.05) is 0 Å². The number of sulfonamides is 1. The molecule has 0 aromatic heterocycles. The average molecular weight is 415 g/mol. The monoisotopic (exact) mass is 414 g/mol. The van der Waals surface area contributed by atoms with E-state index in [1.165, 1.54) is 43.3 Å². The molecule has 0 spiro atoms. The van der Waals surface area contributed by atoms with Gasteiger partial charge in [-0.15, -0.1) is 0 Å². The van der Waals surface area contributed by atoms with Gasteiger partial charge in [-0.3, -0.25) is 4.79 Å². The molecule has 2 aliphatic rings.